The van der Waals surface area contributed by atoms with Gasteiger partial charge in [0.15, 0.2) is 0 Å². The molecule has 1 fully saturated rings. The van der Waals surface area contributed by atoms with Crippen molar-refractivity contribution in [2.75, 3.05) is 7.11 Å². The van der Waals surface area contributed by atoms with Crippen molar-refractivity contribution in [2.45, 2.75) is 57.0 Å². The van der Waals surface area contributed by atoms with Gasteiger partial charge in [0.25, 0.3) is 0 Å². The molecule has 1 aromatic rings. The number of halogens is 1. The third-order valence-electron chi connectivity index (χ3n) is 4.34. The molecule has 0 heterocycles. The fourth-order valence-corrected chi connectivity index (χ4v) is 3.10. The number of methoxy groups -OCH3 is 1. The Morgan fingerprint density at radius 2 is 1.95 bits per heavy atom. The molecular weight excluding hydrogens is 269 g/mol. The predicted octanol–water partition coefficient (Wildman–Crippen LogP) is 3.53. The summed E-state index contributed by atoms with van der Waals surface area (Å²) in [7, 11) is 1.37. The summed E-state index contributed by atoms with van der Waals surface area (Å²) in [6, 6.07) is 6.44. The third kappa shape index (κ3) is 3.82. The van der Waals surface area contributed by atoms with Crippen LogP contribution in [0.2, 0.25) is 0 Å². The Kier molecular flexibility index (Phi) is 5.34. The van der Waals surface area contributed by atoms with E-state index >= 15 is 0 Å². The summed E-state index contributed by atoms with van der Waals surface area (Å²) in [4.78, 5) is 12.3. The van der Waals surface area contributed by atoms with Crippen LogP contribution >= 0.6 is 0 Å². The van der Waals surface area contributed by atoms with Crippen molar-refractivity contribution < 1.29 is 13.9 Å². The van der Waals surface area contributed by atoms with Gasteiger partial charge in [0, 0.05) is 6.04 Å². The van der Waals surface area contributed by atoms with Crippen LogP contribution in [0.4, 0.5) is 4.39 Å². The van der Waals surface area contributed by atoms with Crippen LogP contribution in [-0.4, -0.2) is 19.1 Å². The van der Waals surface area contributed by atoms with Crippen molar-refractivity contribution in [1.29, 1.82) is 0 Å². The summed E-state index contributed by atoms with van der Waals surface area (Å²) in [6.45, 7) is 1.78. The van der Waals surface area contributed by atoms with Gasteiger partial charge in [-0.15, -0.1) is 0 Å². The van der Waals surface area contributed by atoms with Crippen molar-refractivity contribution >= 4 is 5.97 Å². The first-order valence-electron chi connectivity index (χ1n) is 7.68. The molecule has 1 unspecified atom stereocenters. The number of nitrogens with one attached hydrogen (secondary N) is 1. The van der Waals surface area contributed by atoms with Crippen molar-refractivity contribution in [3.8, 4) is 0 Å². The maximum Gasteiger partial charge on any atom is 0.330 e. The number of ether oxygens (including phenoxy) is 1. The zero-order chi connectivity index (χ0) is 15.3. The summed E-state index contributed by atoms with van der Waals surface area (Å²) in [5, 5.41) is 3.43. The minimum absolute atomic E-state index is 0.264. The smallest absolute Gasteiger partial charge is 0.330 e. The zero-order valence-corrected chi connectivity index (χ0v) is 12.8. The lowest BCUT2D eigenvalue weighted by Crippen LogP contribution is -2.51. The number of rotatable bonds is 4. The van der Waals surface area contributed by atoms with E-state index < -0.39 is 5.54 Å². The second-order valence-corrected chi connectivity index (χ2v) is 5.96. The number of esters is 1. The molecule has 0 aromatic heterocycles. The minimum Gasteiger partial charge on any atom is -0.467 e. The highest BCUT2D eigenvalue weighted by Gasteiger charge is 2.38. The number of carbonyl (C=O) groups excluding carboxylic acids is 1. The summed E-state index contributed by atoms with van der Waals surface area (Å²) in [5.41, 5.74) is -0.398. The van der Waals surface area contributed by atoms with Crippen LogP contribution in [0.15, 0.2) is 24.3 Å². The normalized spacial score (nSPS) is 19.6. The van der Waals surface area contributed by atoms with Gasteiger partial charge in [0.1, 0.15) is 11.4 Å². The molecule has 0 aliphatic heterocycles. The first-order chi connectivity index (χ1) is 10.1. The highest BCUT2D eigenvalue weighted by Crippen LogP contribution is 2.27. The molecule has 0 spiro atoms. The van der Waals surface area contributed by atoms with Gasteiger partial charge in [-0.2, -0.15) is 0 Å². The lowest BCUT2D eigenvalue weighted by molar-refractivity contribution is -0.148. The Bertz CT molecular complexity index is 483. The van der Waals surface area contributed by atoms with Crippen LogP contribution in [0.1, 0.15) is 51.0 Å². The minimum atomic E-state index is -1.01. The van der Waals surface area contributed by atoms with Crippen LogP contribution < -0.4 is 5.32 Å². The first-order valence-corrected chi connectivity index (χ1v) is 7.68. The van der Waals surface area contributed by atoms with Crippen LogP contribution in [0.3, 0.4) is 0 Å². The monoisotopic (exact) mass is 293 g/mol. The van der Waals surface area contributed by atoms with E-state index in [2.05, 4.69) is 5.32 Å². The predicted molar refractivity (Wildman–Crippen MR) is 80.4 cm³/mol. The molecule has 1 aliphatic rings. The van der Waals surface area contributed by atoms with E-state index in [1.54, 1.807) is 19.1 Å². The lowest BCUT2D eigenvalue weighted by atomic mass is 9.90. The molecule has 21 heavy (non-hydrogen) atoms. The molecule has 1 atom stereocenters. The topological polar surface area (TPSA) is 38.3 Å². The maximum absolute atomic E-state index is 13.5. The molecule has 0 saturated heterocycles. The molecule has 1 aromatic carbocycles. The van der Waals surface area contributed by atoms with Crippen molar-refractivity contribution in [3.05, 3.63) is 35.6 Å². The largest absolute Gasteiger partial charge is 0.467 e. The number of hydrogen-bond donors (Lipinski definition) is 1. The van der Waals surface area contributed by atoms with Gasteiger partial charge in [0.05, 0.1) is 7.11 Å². The van der Waals surface area contributed by atoms with Crippen molar-refractivity contribution in [2.24, 2.45) is 0 Å². The lowest BCUT2D eigenvalue weighted by Gasteiger charge is -2.33. The van der Waals surface area contributed by atoms with Gasteiger partial charge in [-0.1, -0.05) is 37.8 Å². The fraction of sp³-hybridized carbons (Fsp3) is 0.588. The van der Waals surface area contributed by atoms with E-state index in [0.29, 0.717) is 5.56 Å². The van der Waals surface area contributed by atoms with Crippen LogP contribution in [-0.2, 0) is 15.1 Å². The quantitative estimate of drug-likeness (QED) is 0.682. The summed E-state index contributed by atoms with van der Waals surface area (Å²) < 4.78 is 18.5. The maximum atomic E-state index is 13.5. The highest BCUT2D eigenvalue weighted by atomic mass is 19.1. The number of benzene rings is 1. The van der Waals surface area contributed by atoms with Gasteiger partial charge >= 0.3 is 5.97 Å². The first kappa shape index (κ1) is 16.0. The molecule has 4 heteroatoms. The van der Waals surface area contributed by atoms with E-state index in [0.717, 1.165) is 25.7 Å². The van der Waals surface area contributed by atoms with Gasteiger partial charge in [-0.3, -0.25) is 5.32 Å². The zero-order valence-electron chi connectivity index (χ0n) is 12.8. The Morgan fingerprint density at radius 1 is 1.29 bits per heavy atom. The molecule has 116 valence electrons. The Balaban J connectivity index is 2.26. The summed E-state index contributed by atoms with van der Waals surface area (Å²) in [5.74, 6) is -0.720. The third-order valence-corrected chi connectivity index (χ3v) is 4.34. The Hall–Kier alpha value is -1.42. The van der Waals surface area contributed by atoms with Gasteiger partial charge in [0.2, 0.25) is 0 Å². The van der Waals surface area contributed by atoms with Gasteiger partial charge in [-0.05, 0) is 37.5 Å². The molecule has 1 aliphatic carbocycles. The SMILES string of the molecule is COC(=O)C(C)(NC1CCCCCC1)c1cccc(F)c1. The Labute approximate surface area is 125 Å². The number of carbonyl (C=O) groups is 1. The Morgan fingerprint density at radius 3 is 2.52 bits per heavy atom. The summed E-state index contributed by atoms with van der Waals surface area (Å²) >= 11 is 0. The van der Waals surface area contributed by atoms with Crippen molar-refractivity contribution in [3.63, 3.8) is 0 Å². The molecule has 3 nitrogen and oxygen atoms in total. The van der Waals surface area contributed by atoms with E-state index in [-0.39, 0.29) is 17.8 Å². The van der Waals surface area contributed by atoms with E-state index in [9.17, 15) is 9.18 Å². The molecule has 1 saturated carbocycles. The molecule has 0 radical (unpaired) electrons. The van der Waals surface area contributed by atoms with Crippen molar-refractivity contribution in [1.82, 2.24) is 5.32 Å². The number of hydrogen-bond acceptors (Lipinski definition) is 3. The average molecular weight is 293 g/mol. The summed E-state index contributed by atoms with van der Waals surface area (Å²) in [6.07, 6.45) is 6.90. The second kappa shape index (κ2) is 7.03. The van der Waals surface area contributed by atoms with Gasteiger partial charge in [-0.25, -0.2) is 9.18 Å². The average Bonchev–Trinajstić information content (AvgIpc) is 2.74. The molecule has 0 bridgehead atoms. The van der Waals surface area contributed by atoms with E-state index in [1.165, 1.54) is 32.1 Å². The molecule has 2 rings (SSSR count). The van der Waals surface area contributed by atoms with Crippen LogP contribution in [0, 0.1) is 5.82 Å². The van der Waals surface area contributed by atoms with E-state index in [4.69, 9.17) is 4.74 Å². The highest BCUT2D eigenvalue weighted by molar-refractivity contribution is 5.82. The second-order valence-electron chi connectivity index (χ2n) is 5.96. The molecule has 0 amide bonds. The van der Waals surface area contributed by atoms with E-state index in [1.807, 2.05) is 0 Å². The standard InChI is InChI=1S/C17H24FNO2/c1-17(16(20)21-2,13-8-7-9-14(18)12-13)19-15-10-5-3-4-6-11-15/h7-9,12,15,19H,3-6,10-11H2,1-2H3. The van der Waals surface area contributed by atoms with Crippen LogP contribution in [0.25, 0.3) is 0 Å². The fourth-order valence-electron chi connectivity index (χ4n) is 3.10. The molecular formula is C17H24FNO2. The van der Waals surface area contributed by atoms with Gasteiger partial charge < -0.3 is 4.74 Å². The van der Waals surface area contributed by atoms with Crippen LogP contribution in [0.5, 0.6) is 0 Å². The molecule has 1 N–H and O–H groups in total.